The zero-order chi connectivity index (χ0) is 9.14. The van der Waals surface area contributed by atoms with Gasteiger partial charge in [-0.1, -0.05) is 0 Å². The van der Waals surface area contributed by atoms with E-state index in [0.717, 1.165) is 9.88 Å². The van der Waals surface area contributed by atoms with Crippen LogP contribution in [-0.2, 0) is 0 Å². The van der Waals surface area contributed by atoms with Gasteiger partial charge in [-0.2, -0.15) is 0 Å². The van der Waals surface area contributed by atoms with Crippen molar-refractivity contribution in [2.75, 3.05) is 0 Å². The Morgan fingerprint density at radius 3 is 2.92 bits per heavy atom. The molecular weight excluding hydrogens is 176 g/mol. The van der Waals surface area contributed by atoms with Gasteiger partial charge in [0.05, 0.1) is 14.8 Å². The molecule has 0 amide bonds. The standard InChI is InChI=1S/C7H8N2O2S/c1-5(9(10)11)3-7-4-8-6(2)12-7/h3-4H,1-2H3. The summed E-state index contributed by atoms with van der Waals surface area (Å²) >= 11 is 1.44. The molecule has 1 heterocycles. The third-order valence-electron chi connectivity index (χ3n) is 1.28. The summed E-state index contributed by atoms with van der Waals surface area (Å²) in [6, 6.07) is 0. The first kappa shape index (κ1) is 8.86. The normalized spacial score (nSPS) is 11.7. The number of aryl methyl sites for hydroxylation is 1. The van der Waals surface area contributed by atoms with Crippen molar-refractivity contribution in [1.29, 1.82) is 0 Å². The highest BCUT2D eigenvalue weighted by Gasteiger charge is 2.03. The number of nitro groups is 1. The van der Waals surface area contributed by atoms with Crippen molar-refractivity contribution >= 4 is 17.4 Å². The van der Waals surface area contributed by atoms with Gasteiger partial charge in [0.15, 0.2) is 0 Å². The number of rotatable bonds is 2. The van der Waals surface area contributed by atoms with Crippen LogP contribution in [0.5, 0.6) is 0 Å². The van der Waals surface area contributed by atoms with Crippen LogP contribution in [0.1, 0.15) is 16.8 Å². The van der Waals surface area contributed by atoms with Crippen LogP contribution in [0, 0.1) is 17.0 Å². The van der Waals surface area contributed by atoms with Crippen molar-refractivity contribution in [3.05, 3.63) is 31.9 Å². The highest BCUT2D eigenvalue weighted by atomic mass is 32.1. The molecular formula is C7H8N2O2S. The predicted molar refractivity (Wildman–Crippen MR) is 47.5 cm³/mol. The van der Waals surface area contributed by atoms with Gasteiger partial charge in [0.1, 0.15) is 0 Å². The molecule has 0 aromatic carbocycles. The molecule has 12 heavy (non-hydrogen) atoms. The van der Waals surface area contributed by atoms with E-state index in [-0.39, 0.29) is 5.70 Å². The van der Waals surface area contributed by atoms with Crippen LogP contribution in [0.25, 0.3) is 6.08 Å². The minimum Gasteiger partial charge on any atom is -0.259 e. The van der Waals surface area contributed by atoms with E-state index < -0.39 is 4.92 Å². The number of nitrogens with zero attached hydrogens (tertiary/aromatic N) is 2. The van der Waals surface area contributed by atoms with Crippen LogP contribution in [0.4, 0.5) is 0 Å². The van der Waals surface area contributed by atoms with E-state index in [0.29, 0.717) is 0 Å². The fourth-order valence-electron chi connectivity index (χ4n) is 0.703. The second-order valence-corrected chi connectivity index (χ2v) is 3.59. The van der Waals surface area contributed by atoms with Crippen LogP contribution in [0.2, 0.25) is 0 Å². The van der Waals surface area contributed by atoms with Gasteiger partial charge in [-0.3, -0.25) is 10.1 Å². The van der Waals surface area contributed by atoms with Crippen LogP contribution in [0.15, 0.2) is 11.9 Å². The molecule has 1 rings (SSSR count). The molecule has 0 radical (unpaired) electrons. The summed E-state index contributed by atoms with van der Waals surface area (Å²) in [4.78, 5) is 14.6. The molecule has 4 nitrogen and oxygen atoms in total. The van der Waals surface area contributed by atoms with Crippen LogP contribution >= 0.6 is 11.3 Å². The molecule has 0 atom stereocenters. The van der Waals surface area contributed by atoms with Gasteiger partial charge in [-0.25, -0.2) is 4.98 Å². The molecule has 0 unspecified atom stereocenters. The number of allylic oxidation sites excluding steroid dienone is 1. The lowest BCUT2D eigenvalue weighted by Gasteiger charge is -1.86. The van der Waals surface area contributed by atoms with Crippen molar-refractivity contribution in [2.24, 2.45) is 0 Å². The maximum atomic E-state index is 10.2. The fourth-order valence-corrected chi connectivity index (χ4v) is 1.48. The maximum Gasteiger partial charge on any atom is 0.244 e. The van der Waals surface area contributed by atoms with Crippen molar-refractivity contribution in [3.63, 3.8) is 0 Å². The van der Waals surface area contributed by atoms with E-state index in [9.17, 15) is 10.1 Å². The van der Waals surface area contributed by atoms with Gasteiger partial charge in [0, 0.05) is 19.2 Å². The van der Waals surface area contributed by atoms with E-state index in [2.05, 4.69) is 4.98 Å². The van der Waals surface area contributed by atoms with E-state index in [1.165, 1.54) is 24.3 Å². The highest BCUT2D eigenvalue weighted by Crippen LogP contribution is 2.15. The Morgan fingerprint density at radius 2 is 2.50 bits per heavy atom. The molecule has 0 aliphatic rings. The Bertz CT molecular complexity index is 330. The summed E-state index contributed by atoms with van der Waals surface area (Å²) in [7, 11) is 0. The van der Waals surface area contributed by atoms with Gasteiger partial charge < -0.3 is 0 Å². The predicted octanol–water partition coefficient (Wildman–Crippen LogP) is 2.09. The van der Waals surface area contributed by atoms with Gasteiger partial charge in [0.25, 0.3) is 0 Å². The number of aromatic nitrogens is 1. The second-order valence-electron chi connectivity index (χ2n) is 2.32. The van der Waals surface area contributed by atoms with Crippen LogP contribution in [0.3, 0.4) is 0 Å². The first-order valence-corrected chi connectivity index (χ1v) is 4.16. The lowest BCUT2D eigenvalue weighted by molar-refractivity contribution is -0.422. The minimum atomic E-state index is -0.408. The minimum absolute atomic E-state index is 0.138. The monoisotopic (exact) mass is 184 g/mol. The fraction of sp³-hybridized carbons (Fsp3) is 0.286. The first-order valence-electron chi connectivity index (χ1n) is 3.34. The second kappa shape index (κ2) is 3.44. The quantitative estimate of drug-likeness (QED) is 0.522. The van der Waals surface area contributed by atoms with Crippen molar-refractivity contribution in [3.8, 4) is 0 Å². The van der Waals surface area contributed by atoms with Gasteiger partial charge in [-0.15, -0.1) is 11.3 Å². The summed E-state index contributed by atoms with van der Waals surface area (Å²) in [5, 5.41) is 11.1. The van der Waals surface area contributed by atoms with Crippen molar-refractivity contribution in [1.82, 2.24) is 4.98 Å². The molecule has 0 saturated heterocycles. The SMILES string of the molecule is CC(=Cc1cnc(C)s1)[N+](=O)[O-]. The van der Waals surface area contributed by atoms with Crippen LogP contribution in [-0.4, -0.2) is 9.91 Å². The van der Waals surface area contributed by atoms with Crippen molar-refractivity contribution < 1.29 is 4.92 Å². The number of hydrogen-bond acceptors (Lipinski definition) is 4. The lowest BCUT2D eigenvalue weighted by Crippen LogP contribution is -1.91. The third-order valence-corrected chi connectivity index (χ3v) is 2.14. The highest BCUT2D eigenvalue weighted by molar-refractivity contribution is 7.12. The lowest BCUT2D eigenvalue weighted by atomic mass is 10.4. The van der Waals surface area contributed by atoms with Crippen molar-refractivity contribution in [2.45, 2.75) is 13.8 Å². The largest absolute Gasteiger partial charge is 0.259 e. The zero-order valence-corrected chi connectivity index (χ0v) is 7.59. The molecule has 64 valence electrons. The Labute approximate surface area is 73.7 Å². The Balaban J connectivity index is 2.87. The first-order chi connectivity index (χ1) is 5.59. The number of hydrogen-bond donors (Lipinski definition) is 0. The molecule has 0 aliphatic carbocycles. The Kier molecular flexibility index (Phi) is 2.54. The zero-order valence-electron chi connectivity index (χ0n) is 6.77. The summed E-state index contributed by atoms with van der Waals surface area (Å²) < 4.78 is 0. The molecule has 0 aliphatic heterocycles. The average Bonchev–Trinajstić information content (AvgIpc) is 2.35. The van der Waals surface area contributed by atoms with Gasteiger partial charge in [-0.05, 0) is 6.92 Å². The Hall–Kier alpha value is -1.23. The molecule has 1 aromatic rings. The van der Waals surface area contributed by atoms with Gasteiger partial charge in [0.2, 0.25) is 5.70 Å². The van der Waals surface area contributed by atoms with Crippen LogP contribution < -0.4 is 0 Å². The van der Waals surface area contributed by atoms with Gasteiger partial charge >= 0.3 is 0 Å². The molecule has 0 N–H and O–H groups in total. The molecule has 1 aromatic heterocycles. The van der Waals surface area contributed by atoms with E-state index in [1.807, 2.05) is 6.92 Å². The third kappa shape index (κ3) is 2.13. The van der Waals surface area contributed by atoms with E-state index in [4.69, 9.17) is 0 Å². The molecule has 0 spiro atoms. The molecule has 5 heteroatoms. The van der Waals surface area contributed by atoms with E-state index in [1.54, 1.807) is 6.20 Å². The topological polar surface area (TPSA) is 56.0 Å². The molecule has 0 saturated carbocycles. The maximum absolute atomic E-state index is 10.2. The summed E-state index contributed by atoms with van der Waals surface area (Å²) in [5.74, 6) is 0. The summed E-state index contributed by atoms with van der Waals surface area (Å²) in [6.45, 7) is 3.33. The molecule has 0 bridgehead atoms. The molecule has 0 fully saturated rings. The Morgan fingerprint density at radius 1 is 1.83 bits per heavy atom. The summed E-state index contributed by atoms with van der Waals surface area (Å²) in [6.07, 6.45) is 3.15. The van der Waals surface area contributed by atoms with E-state index >= 15 is 0 Å². The number of thiazole rings is 1. The average molecular weight is 184 g/mol. The smallest absolute Gasteiger partial charge is 0.244 e. The summed E-state index contributed by atoms with van der Waals surface area (Å²) in [5.41, 5.74) is 0.138.